The van der Waals surface area contributed by atoms with Crippen molar-refractivity contribution < 1.29 is 0 Å². The molecule has 0 heteroatoms. The lowest BCUT2D eigenvalue weighted by atomic mass is 9.80. The smallest absolute Gasteiger partial charge is 0.0104 e. The molecule has 0 heterocycles. The summed E-state index contributed by atoms with van der Waals surface area (Å²) >= 11 is 0. The fourth-order valence-corrected chi connectivity index (χ4v) is 2.20. The van der Waals surface area contributed by atoms with Crippen LogP contribution >= 0.6 is 0 Å². The van der Waals surface area contributed by atoms with Crippen LogP contribution in [-0.4, -0.2) is 0 Å². The first kappa shape index (κ1) is 13.3. The second kappa shape index (κ2) is 6.73. The maximum Gasteiger partial charge on any atom is -0.0104 e. The van der Waals surface area contributed by atoms with Crippen molar-refractivity contribution in [2.24, 2.45) is 0 Å². The van der Waals surface area contributed by atoms with E-state index in [9.17, 15) is 0 Å². The van der Waals surface area contributed by atoms with Gasteiger partial charge >= 0.3 is 0 Å². The zero-order valence-electron chi connectivity index (χ0n) is 11.1. The molecule has 0 unspecified atom stereocenters. The lowest BCUT2D eigenvalue weighted by Crippen LogP contribution is -2.16. The minimum absolute atomic E-state index is 0.341. The highest BCUT2D eigenvalue weighted by Gasteiger charge is 2.18. The third kappa shape index (κ3) is 4.38. The van der Waals surface area contributed by atoms with Gasteiger partial charge in [-0.3, -0.25) is 0 Å². The summed E-state index contributed by atoms with van der Waals surface area (Å²) in [6.07, 6.45) is 8.20. The van der Waals surface area contributed by atoms with Crippen LogP contribution in [0.2, 0.25) is 0 Å². The van der Waals surface area contributed by atoms with E-state index >= 15 is 0 Å². The van der Waals surface area contributed by atoms with Crippen molar-refractivity contribution >= 4 is 0 Å². The van der Waals surface area contributed by atoms with Crippen molar-refractivity contribution in [2.45, 2.75) is 64.7 Å². The van der Waals surface area contributed by atoms with Crippen molar-refractivity contribution in [1.82, 2.24) is 0 Å². The SMILES string of the molecule is CCCCCCCC(C)(C)c1ccccc1. The van der Waals surface area contributed by atoms with Gasteiger partial charge in [0.05, 0.1) is 0 Å². The molecule has 0 atom stereocenters. The summed E-state index contributed by atoms with van der Waals surface area (Å²) in [5.74, 6) is 0. The molecule has 0 saturated carbocycles. The number of benzene rings is 1. The Morgan fingerprint density at radius 3 is 2.12 bits per heavy atom. The Balaban J connectivity index is 2.35. The van der Waals surface area contributed by atoms with Crippen molar-refractivity contribution in [3.05, 3.63) is 35.9 Å². The number of rotatable bonds is 7. The predicted octanol–water partition coefficient (Wildman–Crippen LogP) is 5.32. The van der Waals surface area contributed by atoms with Crippen LogP contribution in [0.15, 0.2) is 30.3 Å². The van der Waals surface area contributed by atoms with E-state index in [0.29, 0.717) is 5.41 Å². The zero-order chi connectivity index (χ0) is 11.9. The average molecular weight is 218 g/mol. The molecule has 90 valence electrons. The summed E-state index contributed by atoms with van der Waals surface area (Å²) in [5, 5.41) is 0. The van der Waals surface area contributed by atoms with E-state index in [1.54, 1.807) is 0 Å². The minimum atomic E-state index is 0.341. The first-order chi connectivity index (χ1) is 7.67. The quantitative estimate of drug-likeness (QED) is 0.543. The summed E-state index contributed by atoms with van der Waals surface area (Å²) in [4.78, 5) is 0. The molecule has 0 aromatic heterocycles. The Morgan fingerprint density at radius 2 is 1.50 bits per heavy atom. The Bertz CT molecular complexity index is 271. The molecule has 0 aliphatic rings. The van der Waals surface area contributed by atoms with Gasteiger partial charge in [-0.05, 0) is 17.4 Å². The molecule has 0 fully saturated rings. The summed E-state index contributed by atoms with van der Waals surface area (Å²) in [7, 11) is 0. The largest absolute Gasteiger partial charge is 0.0654 e. The molecule has 1 rings (SSSR count). The Hall–Kier alpha value is -0.780. The standard InChI is InChI=1S/C16H26/c1-4-5-6-7-11-14-16(2,3)15-12-9-8-10-13-15/h8-10,12-13H,4-7,11,14H2,1-3H3. The normalized spacial score (nSPS) is 11.7. The Kier molecular flexibility index (Phi) is 5.59. The van der Waals surface area contributed by atoms with Gasteiger partial charge in [0.1, 0.15) is 0 Å². The molecule has 0 nitrogen and oxygen atoms in total. The number of unbranched alkanes of at least 4 members (excludes halogenated alkanes) is 4. The number of hydrogen-bond donors (Lipinski definition) is 0. The van der Waals surface area contributed by atoms with Crippen LogP contribution in [0, 0.1) is 0 Å². The maximum absolute atomic E-state index is 2.36. The maximum atomic E-state index is 2.36. The molecular formula is C16H26. The molecule has 1 aromatic carbocycles. The van der Waals surface area contributed by atoms with Gasteiger partial charge in [0, 0.05) is 0 Å². The van der Waals surface area contributed by atoms with Crippen LogP contribution in [0.3, 0.4) is 0 Å². The monoisotopic (exact) mass is 218 g/mol. The van der Waals surface area contributed by atoms with Crippen molar-refractivity contribution in [1.29, 1.82) is 0 Å². The van der Waals surface area contributed by atoms with Crippen LogP contribution in [-0.2, 0) is 5.41 Å². The zero-order valence-corrected chi connectivity index (χ0v) is 11.1. The summed E-state index contributed by atoms with van der Waals surface area (Å²) < 4.78 is 0. The summed E-state index contributed by atoms with van der Waals surface area (Å²) in [5.41, 5.74) is 1.82. The first-order valence-corrected chi connectivity index (χ1v) is 6.72. The fraction of sp³-hybridized carbons (Fsp3) is 0.625. The second-order valence-corrected chi connectivity index (χ2v) is 5.41. The van der Waals surface area contributed by atoms with Crippen LogP contribution in [0.4, 0.5) is 0 Å². The van der Waals surface area contributed by atoms with Gasteiger partial charge in [-0.25, -0.2) is 0 Å². The minimum Gasteiger partial charge on any atom is -0.0654 e. The van der Waals surface area contributed by atoms with Gasteiger partial charge < -0.3 is 0 Å². The molecule has 0 amide bonds. The molecule has 0 saturated heterocycles. The average Bonchev–Trinajstić information content (AvgIpc) is 2.30. The van der Waals surface area contributed by atoms with E-state index in [1.165, 1.54) is 44.1 Å². The van der Waals surface area contributed by atoms with Crippen molar-refractivity contribution in [2.75, 3.05) is 0 Å². The van der Waals surface area contributed by atoms with Crippen LogP contribution in [0.5, 0.6) is 0 Å². The topological polar surface area (TPSA) is 0 Å². The van der Waals surface area contributed by atoms with E-state index in [4.69, 9.17) is 0 Å². The molecule has 0 aliphatic carbocycles. The highest BCUT2D eigenvalue weighted by atomic mass is 14.2. The highest BCUT2D eigenvalue weighted by Crippen LogP contribution is 2.29. The Labute approximate surface area is 101 Å². The third-order valence-electron chi connectivity index (χ3n) is 3.46. The van der Waals surface area contributed by atoms with Crippen LogP contribution in [0.25, 0.3) is 0 Å². The molecule has 16 heavy (non-hydrogen) atoms. The van der Waals surface area contributed by atoms with E-state index in [0.717, 1.165) is 0 Å². The molecule has 1 aromatic rings. The third-order valence-corrected chi connectivity index (χ3v) is 3.46. The van der Waals surface area contributed by atoms with Gasteiger partial charge in [-0.1, -0.05) is 83.2 Å². The first-order valence-electron chi connectivity index (χ1n) is 6.72. The second-order valence-electron chi connectivity index (χ2n) is 5.41. The lowest BCUT2D eigenvalue weighted by Gasteiger charge is -2.25. The summed E-state index contributed by atoms with van der Waals surface area (Å²) in [6, 6.07) is 10.9. The molecule has 0 bridgehead atoms. The van der Waals surface area contributed by atoms with E-state index < -0.39 is 0 Å². The van der Waals surface area contributed by atoms with Crippen molar-refractivity contribution in [3.8, 4) is 0 Å². The fourth-order valence-electron chi connectivity index (χ4n) is 2.20. The molecular weight excluding hydrogens is 192 g/mol. The molecule has 0 radical (unpaired) electrons. The van der Waals surface area contributed by atoms with Crippen LogP contribution in [0.1, 0.15) is 64.9 Å². The Morgan fingerprint density at radius 1 is 0.875 bits per heavy atom. The van der Waals surface area contributed by atoms with E-state index in [1.807, 2.05) is 0 Å². The van der Waals surface area contributed by atoms with Crippen molar-refractivity contribution in [3.63, 3.8) is 0 Å². The molecule has 0 spiro atoms. The predicted molar refractivity (Wildman–Crippen MR) is 72.8 cm³/mol. The van der Waals surface area contributed by atoms with Gasteiger partial charge in [0.25, 0.3) is 0 Å². The number of hydrogen-bond acceptors (Lipinski definition) is 0. The van der Waals surface area contributed by atoms with Gasteiger partial charge in [0.2, 0.25) is 0 Å². The lowest BCUT2D eigenvalue weighted by molar-refractivity contribution is 0.444. The van der Waals surface area contributed by atoms with E-state index in [2.05, 4.69) is 51.1 Å². The van der Waals surface area contributed by atoms with Crippen LogP contribution < -0.4 is 0 Å². The van der Waals surface area contributed by atoms with Gasteiger partial charge in [-0.15, -0.1) is 0 Å². The van der Waals surface area contributed by atoms with Gasteiger partial charge in [-0.2, -0.15) is 0 Å². The van der Waals surface area contributed by atoms with Gasteiger partial charge in [0.15, 0.2) is 0 Å². The molecule has 0 aliphatic heterocycles. The highest BCUT2D eigenvalue weighted by molar-refractivity contribution is 5.23. The van der Waals surface area contributed by atoms with E-state index in [-0.39, 0.29) is 0 Å². The molecule has 0 N–H and O–H groups in total. The summed E-state index contributed by atoms with van der Waals surface area (Å²) in [6.45, 7) is 7.00.